The largest absolute Gasteiger partial charge is 0.466 e. The third kappa shape index (κ3) is 2.49. The van der Waals surface area contributed by atoms with E-state index in [1.54, 1.807) is 0 Å². The quantitative estimate of drug-likeness (QED) is 0.292. The zero-order chi connectivity index (χ0) is 7.98. The Bertz CT molecular complexity index is 225. The highest BCUT2D eigenvalue weighted by atomic mass is 16.5. The fraction of sp³-hybridized carbons (Fsp3) is 0.167. The molecule has 0 saturated carbocycles. The van der Waals surface area contributed by atoms with Gasteiger partial charge in [-0.2, -0.15) is 10.5 Å². The summed E-state index contributed by atoms with van der Waals surface area (Å²) in [4.78, 5) is 10.3. The molecule has 4 nitrogen and oxygen atoms in total. The summed E-state index contributed by atoms with van der Waals surface area (Å²) in [7, 11) is 1.17. The van der Waals surface area contributed by atoms with Gasteiger partial charge in [0.2, 0.25) is 0 Å². The topological polar surface area (TPSA) is 73.9 Å². The maximum atomic E-state index is 10.3. The van der Waals surface area contributed by atoms with Crippen molar-refractivity contribution in [1.29, 1.82) is 10.5 Å². The summed E-state index contributed by atoms with van der Waals surface area (Å²) in [6.07, 6.45) is 0.833. The number of carbonyl (C=O) groups is 1. The standard InChI is InChI=1S/C6H4N2O2/c1-10-6(9)2-5(3-7)4-8/h2H,1H3. The average Bonchev–Trinajstić information content (AvgIpc) is 1.99. The van der Waals surface area contributed by atoms with E-state index in [1.807, 2.05) is 0 Å². The first-order valence-electron chi connectivity index (χ1n) is 2.34. The molecule has 0 fully saturated rings. The molecular formula is C6H4N2O2. The number of hydrogen-bond donors (Lipinski definition) is 0. The van der Waals surface area contributed by atoms with Gasteiger partial charge < -0.3 is 4.74 Å². The van der Waals surface area contributed by atoms with Gasteiger partial charge in [-0.15, -0.1) is 0 Å². The molecule has 4 heteroatoms. The van der Waals surface area contributed by atoms with Crippen LogP contribution in [0.1, 0.15) is 0 Å². The Morgan fingerprint density at radius 3 is 2.30 bits per heavy atom. The fourth-order valence-electron chi connectivity index (χ4n) is 0.266. The minimum absolute atomic E-state index is 0.258. The highest BCUT2D eigenvalue weighted by molar-refractivity contribution is 5.84. The van der Waals surface area contributed by atoms with Gasteiger partial charge in [-0.1, -0.05) is 0 Å². The van der Waals surface area contributed by atoms with Crippen molar-refractivity contribution >= 4 is 5.97 Å². The van der Waals surface area contributed by atoms with Crippen LogP contribution in [-0.2, 0) is 9.53 Å². The Morgan fingerprint density at radius 2 is 2.00 bits per heavy atom. The molecule has 0 aliphatic heterocycles. The number of nitrogens with zero attached hydrogens (tertiary/aromatic N) is 2. The average molecular weight is 136 g/mol. The molecule has 0 spiro atoms. The SMILES string of the molecule is COC(=O)C=C(C#N)C#N. The van der Waals surface area contributed by atoms with Crippen molar-refractivity contribution < 1.29 is 9.53 Å². The Labute approximate surface area is 57.9 Å². The lowest BCUT2D eigenvalue weighted by Crippen LogP contribution is -1.95. The molecule has 0 radical (unpaired) electrons. The Morgan fingerprint density at radius 1 is 1.50 bits per heavy atom. The highest BCUT2D eigenvalue weighted by Gasteiger charge is 1.97. The lowest BCUT2D eigenvalue weighted by atomic mass is 10.3. The van der Waals surface area contributed by atoms with Crippen molar-refractivity contribution in [3.8, 4) is 12.1 Å². The van der Waals surface area contributed by atoms with Crippen molar-refractivity contribution in [3.63, 3.8) is 0 Å². The lowest BCUT2D eigenvalue weighted by Gasteiger charge is -1.86. The number of esters is 1. The molecular weight excluding hydrogens is 132 g/mol. The summed E-state index contributed by atoms with van der Waals surface area (Å²) in [6, 6.07) is 3.03. The molecule has 0 aromatic heterocycles. The molecule has 0 heterocycles. The highest BCUT2D eigenvalue weighted by Crippen LogP contribution is 1.88. The Kier molecular flexibility index (Phi) is 3.36. The second-order valence-corrected chi connectivity index (χ2v) is 1.30. The Hall–Kier alpha value is -1.81. The summed E-state index contributed by atoms with van der Waals surface area (Å²) >= 11 is 0. The van der Waals surface area contributed by atoms with Crippen molar-refractivity contribution in [3.05, 3.63) is 11.6 Å². The summed E-state index contributed by atoms with van der Waals surface area (Å²) in [6.45, 7) is 0. The maximum Gasteiger partial charge on any atom is 0.332 e. The summed E-state index contributed by atoms with van der Waals surface area (Å²) in [5.74, 6) is -0.696. The second-order valence-electron chi connectivity index (χ2n) is 1.30. The van der Waals surface area contributed by atoms with Gasteiger partial charge in [0.25, 0.3) is 0 Å². The first-order chi connectivity index (χ1) is 4.74. The summed E-state index contributed by atoms with van der Waals surface area (Å²) < 4.78 is 4.17. The monoisotopic (exact) mass is 136 g/mol. The fourth-order valence-corrected chi connectivity index (χ4v) is 0.266. The number of rotatable bonds is 1. The van der Waals surface area contributed by atoms with E-state index in [9.17, 15) is 4.79 Å². The van der Waals surface area contributed by atoms with Gasteiger partial charge in [0.15, 0.2) is 0 Å². The minimum atomic E-state index is -0.696. The molecule has 0 aliphatic rings. The molecule has 0 aromatic carbocycles. The molecule has 0 N–H and O–H groups in total. The van der Waals surface area contributed by atoms with Gasteiger partial charge in [-0.25, -0.2) is 4.79 Å². The van der Waals surface area contributed by atoms with Crippen LogP contribution in [0, 0.1) is 22.7 Å². The minimum Gasteiger partial charge on any atom is -0.466 e. The van der Waals surface area contributed by atoms with Gasteiger partial charge in [-0.3, -0.25) is 0 Å². The molecule has 0 unspecified atom stereocenters. The number of nitriles is 2. The molecule has 0 atom stereocenters. The molecule has 10 heavy (non-hydrogen) atoms. The van der Waals surface area contributed by atoms with E-state index < -0.39 is 5.97 Å². The van der Waals surface area contributed by atoms with Crippen LogP contribution in [0.5, 0.6) is 0 Å². The van der Waals surface area contributed by atoms with Crippen molar-refractivity contribution in [1.82, 2.24) is 0 Å². The van der Waals surface area contributed by atoms with E-state index in [-0.39, 0.29) is 5.57 Å². The zero-order valence-electron chi connectivity index (χ0n) is 5.29. The van der Waals surface area contributed by atoms with Crippen LogP contribution in [0.25, 0.3) is 0 Å². The smallest absolute Gasteiger partial charge is 0.332 e. The van der Waals surface area contributed by atoms with Gasteiger partial charge >= 0.3 is 5.97 Å². The summed E-state index contributed by atoms with van der Waals surface area (Å²) in [5.41, 5.74) is -0.258. The third-order valence-corrected chi connectivity index (χ3v) is 0.704. The van der Waals surface area contributed by atoms with Crippen LogP contribution in [0.2, 0.25) is 0 Å². The van der Waals surface area contributed by atoms with Gasteiger partial charge in [0.05, 0.1) is 13.2 Å². The second kappa shape index (κ2) is 4.11. The van der Waals surface area contributed by atoms with E-state index in [1.165, 1.54) is 19.2 Å². The van der Waals surface area contributed by atoms with E-state index in [0.717, 1.165) is 6.08 Å². The molecule has 50 valence electrons. The normalized spacial score (nSPS) is 6.70. The first-order valence-corrected chi connectivity index (χ1v) is 2.34. The van der Waals surface area contributed by atoms with E-state index in [4.69, 9.17) is 10.5 Å². The third-order valence-electron chi connectivity index (χ3n) is 0.704. The predicted octanol–water partition coefficient (Wildman–Crippen LogP) is 0.133. The molecule has 0 saturated heterocycles. The van der Waals surface area contributed by atoms with E-state index >= 15 is 0 Å². The predicted molar refractivity (Wildman–Crippen MR) is 31.3 cm³/mol. The van der Waals surface area contributed by atoms with Crippen molar-refractivity contribution in [2.45, 2.75) is 0 Å². The van der Waals surface area contributed by atoms with Crippen LogP contribution in [0.3, 0.4) is 0 Å². The maximum absolute atomic E-state index is 10.3. The molecule has 0 rings (SSSR count). The first kappa shape index (κ1) is 8.19. The molecule has 0 bridgehead atoms. The number of hydrogen-bond acceptors (Lipinski definition) is 4. The number of allylic oxidation sites excluding steroid dienone is 1. The number of carbonyl (C=O) groups excluding carboxylic acids is 1. The van der Waals surface area contributed by atoms with Crippen LogP contribution in [-0.4, -0.2) is 13.1 Å². The number of ether oxygens (including phenoxy) is 1. The van der Waals surface area contributed by atoms with Crippen molar-refractivity contribution in [2.75, 3.05) is 7.11 Å². The Balaban J connectivity index is 4.33. The van der Waals surface area contributed by atoms with Crippen molar-refractivity contribution in [2.24, 2.45) is 0 Å². The van der Waals surface area contributed by atoms with Crippen LogP contribution in [0.15, 0.2) is 11.6 Å². The molecule has 0 aliphatic carbocycles. The van der Waals surface area contributed by atoms with Gasteiger partial charge in [0.1, 0.15) is 17.7 Å². The zero-order valence-corrected chi connectivity index (χ0v) is 5.29. The number of methoxy groups -OCH3 is 1. The summed E-state index contributed by atoms with van der Waals surface area (Å²) in [5, 5.41) is 16.2. The van der Waals surface area contributed by atoms with E-state index in [0.29, 0.717) is 0 Å². The van der Waals surface area contributed by atoms with Crippen LogP contribution in [0.4, 0.5) is 0 Å². The molecule has 0 aromatic rings. The van der Waals surface area contributed by atoms with Gasteiger partial charge in [-0.05, 0) is 0 Å². The molecule has 0 amide bonds. The van der Waals surface area contributed by atoms with Gasteiger partial charge in [0, 0.05) is 0 Å². The van der Waals surface area contributed by atoms with Crippen LogP contribution < -0.4 is 0 Å². The lowest BCUT2D eigenvalue weighted by molar-refractivity contribution is -0.134. The van der Waals surface area contributed by atoms with E-state index in [2.05, 4.69) is 4.74 Å². The van der Waals surface area contributed by atoms with Crippen LogP contribution >= 0.6 is 0 Å².